The lowest BCUT2D eigenvalue weighted by molar-refractivity contribution is 0.908. The van der Waals surface area contributed by atoms with Crippen LogP contribution in [0.4, 0.5) is 5.69 Å². The van der Waals surface area contributed by atoms with Gasteiger partial charge in [0, 0.05) is 18.2 Å². The molecule has 0 aliphatic heterocycles. The quantitative estimate of drug-likeness (QED) is 0.723. The highest BCUT2D eigenvalue weighted by Gasteiger charge is 2.27. The average Bonchev–Trinajstić information content (AvgIpc) is 2.78. The molecule has 0 saturated carbocycles. The van der Waals surface area contributed by atoms with Crippen LogP contribution in [0.15, 0.2) is 76.9 Å². The minimum Gasteiger partial charge on any atom is -0.381 e. The molecule has 0 aromatic heterocycles. The molecule has 0 fully saturated rings. The molecule has 1 aliphatic rings. The Hall–Kier alpha value is -2.28. The molecule has 0 atom stereocenters. The van der Waals surface area contributed by atoms with Crippen molar-refractivity contribution in [2.75, 3.05) is 5.32 Å². The lowest BCUT2D eigenvalue weighted by Crippen LogP contribution is -2.07. The van der Waals surface area contributed by atoms with Crippen molar-refractivity contribution in [3.05, 3.63) is 88.0 Å². The second-order valence-corrected chi connectivity index (χ2v) is 6.47. The topological polar surface area (TPSA) is 12.0 Å². The second-order valence-electron chi connectivity index (χ2n) is 6.47. The van der Waals surface area contributed by atoms with E-state index in [2.05, 4.69) is 81.5 Å². The molecule has 0 saturated heterocycles. The third kappa shape index (κ3) is 2.96. The molecule has 0 bridgehead atoms. The van der Waals surface area contributed by atoms with Gasteiger partial charge in [-0.1, -0.05) is 53.6 Å². The highest BCUT2D eigenvalue weighted by atomic mass is 14.9. The Morgan fingerprint density at radius 2 is 1.30 bits per heavy atom. The molecular formula is C22H25N. The number of hydrogen-bond donors (Lipinski definition) is 1. The van der Waals surface area contributed by atoms with Crippen LogP contribution in [0.5, 0.6) is 0 Å². The molecule has 3 rings (SSSR count). The van der Waals surface area contributed by atoms with Crippen molar-refractivity contribution in [1.82, 2.24) is 0 Å². The zero-order valence-electron chi connectivity index (χ0n) is 14.5. The first-order chi connectivity index (χ1) is 11.1. The summed E-state index contributed by atoms with van der Waals surface area (Å²) >= 11 is 0. The Morgan fingerprint density at radius 3 is 1.96 bits per heavy atom. The molecule has 0 spiro atoms. The summed E-state index contributed by atoms with van der Waals surface area (Å²) in [4.78, 5) is 0. The highest BCUT2D eigenvalue weighted by Crippen LogP contribution is 2.44. The van der Waals surface area contributed by atoms with Gasteiger partial charge in [-0.25, -0.2) is 0 Å². The maximum Gasteiger partial charge on any atom is 0.0403 e. The lowest BCUT2D eigenvalue weighted by atomic mass is 9.86. The maximum atomic E-state index is 3.54. The Bertz CT molecular complexity index is 742. The molecule has 1 N–H and O–H groups in total. The van der Waals surface area contributed by atoms with Crippen molar-refractivity contribution in [3.63, 3.8) is 0 Å². The van der Waals surface area contributed by atoms with E-state index in [0.717, 1.165) is 6.54 Å². The van der Waals surface area contributed by atoms with Gasteiger partial charge < -0.3 is 5.32 Å². The molecular weight excluding hydrogens is 278 g/mol. The van der Waals surface area contributed by atoms with Crippen LogP contribution >= 0.6 is 0 Å². The summed E-state index contributed by atoms with van der Waals surface area (Å²) < 4.78 is 0. The van der Waals surface area contributed by atoms with Gasteiger partial charge in [-0.05, 0) is 62.1 Å². The van der Waals surface area contributed by atoms with Gasteiger partial charge in [0.1, 0.15) is 0 Å². The van der Waals surface area contributed by atoms with Gasteiger partial charge >= 0.3 is 0 Å². The summed E-state index contributed by atoms with van der Waals surface area (Å²) in [5.74, 6) is 0.434. The van der Waals surface area contributed by atoms with E-state index in [4.69, 9.17) is 0 Å². The third-order valence-electron chi connectivity index (χ3n) is 5.23. The first-order valence-electron chi connectivity index (χ1n) is 8.31. The standard InChI is InChI=1S/C22H25N/c1-15-16(2)18(4)22(17(15)3)21-13-9-8-10-19(21)14-23-20-11-6-5-7-12-20/h5-13,22-23H,14H2,1-4H3. The van der Waals surface area contributed by atoms with Crippen molar-refractivity contribution in [3.8, 4) is 0 Å². The van der Waals surface area contributed by atoms with E-state index in [-0.39, 0.29) is 0 Å². The van der Waals surface area contributed by atoms with Crippen LogP contribution in [0, 0.1) is 0 Å². The first-order valence-corrected chi connectivity index (χ1v) is 8.31. The molecule has 0 unspecified atom stereocenters. The smallest absolute Gasteiger partial charge is 0.0403 e. The molecule has 23 heavy (non-hydrogen) atoms. The number of nitrogens with one attached hydrogen (secondary N) is 1. The molecule has 2 aromatic carbocycles. The molecule has 1 nitrogen and oxygen atoms in total. The third-order valence-corrected chi connectivity index (χ3v) is 5.23. The highest BCUT2D eigenvalue weighted by molar-refractivity contribution is 5.55. The minimum atomic E-state index is 0.434. The van der Waals surface area contributed by atoms with Crippen molar-refractivity contribution in [2.24, 2.45) is 0 Å². The number of para-hydroxylation sites is 1. The maximum absolute atomic E-state index is 3.54. The fraction of sp³-hybridized carbons (Fsp3) is 0.273. The molecule has 0 heterocycles. The number of anilines is 1. The van der Waals surface area contributed by atoms with Crippen LogP contribution in [0.25, 0.3) is 0 Å². The van der Waals surface area contributed by atoms with E-state index in [9.17, 15) is 0 Å². The molecule has 1 heteroatoms. The van der Waals surface area contributed by atoms with Crippen molar-refractivity contribution in [1.29, 1.82) is 0 Å². The predicted molar refractivity (Wildman–Crippen MR) is 99.7 cm³/mol. The summed E-state index contributed by atoms with van der Waals surface area (Å²) in [6, 6.07) is 19.2. The van der Waals surface area contributed by atoms with Gasteiger partial charge in [-0.2, -0.15) is 0 Å². The fourth-order valence-corrected chi connectivity index (χ4v) is 3.55. The Labute approximate surface area is 139 Å². The zero-order chi connectivity index (χ0) is 16.4. The molecule has 0 radical (unpaired) electrons. The number of allylic oxidation sites excluding steroid dienone is 4. The molecule has 1 aliphatic carbocycles. The van der Waals surface area contributed by atoms with Crippen molar-refractivity contribution >= 4 is 5.69 Å². The van der Waals surface area contributed by atoms with Crippen LogP contribution in [-0.4, -0.2) is 0 Å². The van der Waals surface area contributed by atoms with E-state index in [1.165, 1.54) is 39.1 Å². The Kier molecular flexibility index (Phi) is 4.38. The van der Waals surface area contributed by atoms with Gasteiger partial charge in [-0.3, -0.25) is 0 Å². The van der Waals surface area contributed by atoms with Crippen LogP contribution in [0.1, 0.15) is 44.7 Å². The largest absolute Gasteiger partial charge is 0.381 e. The van der Waals surface area contributed by atoms with Crippen LogP contribution in [-0.2, 0) is 6.54 Å². The monoisotopic (exact) mass is 303 g/mol. The SMILES string of the molecule is CC1=C(C)C(c2ccccc2CNc2ccccc2)C(C)=C1C. The van der Waals surface area contributed by atoms with Gasteiger partial charge in [-0.15, -0.1) is 0 Å². The summed E-state index contributed by atoms with van der Waals surface area (Å²) in [5, 5.41) is 3.54. The van der Waals surface area contributed by atoms with E-state index in [0.29, 0.717) is 5.92 Å². The second kappa shape index (κ2) is 6.45. The van der Waals surface area contributed by atoms with Crippen LogP contribution in [0.3, 0.4) is 0 Å². The van der Waals surface area contributed by atoms with Gasteiger partial charge in [0.15, 0.2) is 0 Å². The molecule has 118 valence electrons. The molecule has 0 amide bonds. The van der Waals surface area contributed by atoms with Crippen molar-refractivity contribution < 1.29 is 0 Å². The van der Waals surface area contributed by atoms with Crippen LogP contribution < -0.4 is 5.32 Å². The Morgan fingerprint density at radius 1 is 0.739 bits per heavy atom. The van der Waals surface area contributed by atoms with Gasteiger partial charge in [0.2, 0.25) is 0 Å². The fourth-order valence-electron chi connectivity index (χ4n) is 3.55. The van der Waals surface area contributed by atoms with Gasteiger partial charge in [0.25, 0.3) is 0 Å². The van der Waals surface area contributed by atoms with Gasteiger partial charge in [0.05, 0.1) is 0 Å². The van der Waals surface area contributed by atoms with E-state index >= 15 is 0 Å². The van der Waals surface area contributed by atoms with E-state index in [1.807, 2.05) is 6.07 Å². The molecule has 2 aromatic rings. The number of hydrogen-bond acceptors (Lipinski definition) is 1. The number of benzene rings is 2. The van der Waals surface area contributed by atoms with Crippen molar-refractivity contribution in [2.45, 2.75) is 40.2 Å². The average molecular weight is 303 g/mol. The summed E-state index contributed by atoms with van der Waals surface area (Å²) in [6.07, 6.45) is 0. The van der Waals surface area contributed by atoms with Crippen LogP contribution in [0.2, 0.25) is 0 Å². The lowest BCUT2D eigenvalue weighted by Gasteiger charge is -2.20. The number of rotatable bonds is 4. The predicted octanol–water partition coefficient (Wildman–Crippen LogP) is 6.07. The zero-order valence-corrected chi connectivity index (χ0v) is 14.5. The summed E-state index contributed by atoms with van der Waals surface area (Å²) in [7, 11) is 0. The minimum absolute atomic E-state index is 0.434. The normalized spacial score (nSPS) is 15.5. The Balaban J connectivity index is 1.90. The first kappa shape index (κ1) is 15.6. The van der Waals surface area contributed by atoms with E-state index in [1.54, 1.807) is 0 Å². The van der Waals surface area contributed by atoms with E-state index < -0.39 is 0 Å². The summed E-state index contributed by atoms with van der Waals surface area (Å²) in [6.45, 7) is 9.91. The summed E-state index contributed by atoms with van der Waals surface area (Å²) in [5.41, 5.74) is 9.88.